The summed E-state index contributed by atoms with van der Waals surface area (Å²) >= 11 is 0. The summed E-state index contributed by atoms with van der Waals surface area (Å²) in [4.78, 5) is 144. The van der Waals surface area contributed by atoms with Gasteiger partial charge < -0.3 is 67.3 Å². The first-order valence-electron chi connectivity index (χ1n) is 31.8. The molecule has 8 amide bonds. The number of nitrogens with one attached hydrogen (secondary N) is 9. The first-order chi connectivity index (χ1) is 44.6. The average Bonchev–Trinajstić information content (AvgIpc) is 1.54. The topological polar surface area (TPSA) is 352 Å². The van der Waals surface area contributed by atoms with E-state index in [2.05, 4.69) is 58.2 Å². The summed E-state index contributed by atoms with van der Waals surface area (Å²) in [6.07, 6.45) is 3.00. The lowest BCUT2D eigenvalue weighted by Gasteiger charge is -2.37. The molecule has 0 spiro atoms. The summed E-state index contributed by atoms with van der Waals surface area (Å²) in [7, 11) is 4.35. The highest BCUT2D eigenvalue weighted by atomic mass is 16.5. The molecule has 4 aromatic carbocycles. The number of aromatic nitrogens is 3. The van der Waals surface area contributed by atoms with E-state index < -0.39 is 137 Å². The van der Waals surface area contributed by atoms with Crippen molar-refractivity contribution in [3.63, 3.8) is 0 Å². The number of esters is 1. The minimum absolute atomic E-state index is 0.00407. The van der Waals surface area contributed by atoms with Crippen LogP contribution >= 0.6 is 0 Å². The second-order valence-corrected chi connectivity index (χ2v) is 26.2. The second kappa shape index (κ2) is 32.6. The molecule has 26 heteroatoms. The molecule has 0 aliphatic carbocycles. The number of carboxylic acids is 1. The molecule has 10 N–H and O–H groups in total. The molecule has 1 saturated heterocycles. The number of methoxy groups -OCH3 is 1. The Hall–Kier alpha value is -9.14. The minimum atomic E-state index is -1.54. The first-order valence-corrected chi connectivity index (χ1v) is 31.8. The molecule has 1 fully saturated rings. The van der Waals surface area contributed by atoms with E-state index in [1.165, 1.54) is 15.8 Å². The van der Waals surface area contributed by atoms with Crippen LogP contribution in [0.3, 0.4) is 0 Å². The molecule has 7 rings (SSSR count). The van der Waals surface area contributed by atoms with Crippen molar-refractivity contribution in [1.82, 2.24) is 67.7 Å². The number of likely N-dealkylation sites (tertiary alicyclic amines) is 1. The smallest absolute Gasteiger partial charge is 0.328 e. The van der Waals surface area contributed by atoms with E-state index >= 15 is 9.59 Å². The van der Waals surface area contributed by atoms with Gasteiger partial charge in [0.15, 0.2) is 0 Å². The molecule has 0 saturated carbocycles. The lowest BCUT2D eigenvalue weighted by Crippen LogP contribution is -2.62. The Kier molecular flexibility index (Phi) is 25.1. The molecule has 2 aliphatic rings. The molecule has 26 nitrogen and oxygen atoms in total. The molecule has 11 atom stereocenters. The number of benzene rings is 4. The number of ether oxygens (including phenoxy) is 2. The van der Waals surface area contributed by atoms with Gasteiger partial charge in [-0.25, -0.2) is 9.59 Å². The molecular formula is C68H91N13O13. The van der Waals surface area contributed by atoms with Crippen molar-refractivity contribution in [3.05, 3.63) is 120 Å². The highest BCUT2D eigenvalue weighted by Gasteiger charge is 2.48. The number of likely N-dealkylation sites (N-methyl/N-ethyl adjacent to an activating group) is 2. The number of amides is 8. The summed E-state index contributed by atoms with van der Waals surface area (Å²) < 4.78 is 13.0. The van der Waals surface area contributed by atoms with E-state index in [0.29, 0.717) is 11.1 Å². The molecular weight excluding hydrogens is 1210 g/mol. The normalized spacial score (nSPS) is 22.2. The number of aryl methyl sites for hydroxylation is 1. The first kappa shape index (κ1) is 72.3. The monoisotopic (exact) mass is 1300 g/mol. The number of rotatable bonds is 15. The Morgan fingerprint density at radius 3 is 1.71 bits per heavy atom. The van der Waals surface area contributed by atoms with Crippen LogP contribution in [-0.4, -0.2) is 178 Å². The summed E-state index contributed by atoms with van der Waals surface area (Å²) in [5, 5.41) is 48.0. The number of nitrogens with zero attached hydrogens (tertiary/aromatic N) is 4. The number of hydrogen-bond donors (Lipinski definition) is 10. The number of hydrogen-bond acceptors (Lipinski definition) is 16. The SMILES string of the molecule is CN[C@@H](C)C(=O)N[C@H](C(=O)N[C@H]1CC=CCC[C@@H](C(=O)O)NC(=O)[C@H](Cc2ccc3ccccc3c2)NC(=O)[C@@H]2[C@@H](CCN2C(=O)[C@@H](NC(=O)[C@H](C)NC)C(C)(C)C)OCc2cn(nn2)CC[C@@H](C(=O)OC)NC(=O)[C@H](Cc2ccc3ccccc3c2)NC1=O)C(C)(C)C. The van der Waals surface area contributed by atoms with Crippen molar-refractivity contribution in [2.45, 2.75) is 180 Å². The van der Waals surface area contributed by atoms with Crippen LogP contribution in [0.15, 0.2) is 103 Å². The second-order valence-electron chi connectivity index (χ2n) is 26.2. The third-order valence-corrected chi connectivity index (χ3v) is 17.0. The summed E-state index contributed by atoms with van der Waals surface area (Å²) in [5.74, 6) is -7.75. The van der Waals surface area contributed by atoms with Gasteiger partial charge in [0.2, 0.25) is 47.3 Å². The number of aliphatic carboxylic acids is 1. The Labute approximate surface area is 547 Å². The molecule has 5 aromatic rings. The Morgan fingerprint density at radius 2 is 1.18 bits per heavy atom. The van der Waals surface area contributed by atoms with Crippen LogP contribution in [0.25, 0.3) is 21.5 Å². The molecule has 94 heavy (non-hydrogen) atoms. The van der Waals surface area contributed by atoms with Gasteiger partial charge in [0.05, 0.1) is 38.1 Å². The number of carbonyl (C=O) groups is 10. The van der Waals surface area contributed by atoms with Gasteiger partial charge in [-0.15, -0.1) is 5.10 Å². The van der Waals surface area contributed by atoms with Gasteiger partial charge in [-0.3, -0.25) is 43.0 Å². The number of fused-ring (bicyclic) bond motifs is 5. The zero-order valence-electron chi connectivity index (χ0n) is 55.4. The Balaban J connectivity index is 1.28. The maximum absolute atomic E-state index is 15.3. The summed E-state index contributed by atoms with van der Waals surface area (Å²) in [6, 6.07) is 14.0. The molecule has 0 radical (unpaired) electrons. The lowest BCUT2D eigenvalue weighted by atomic mass is 9.85. The van der Waals surface area contributed by atoms with Crippen molar-refractivity contribution in [2.24, 2.45) is 10.8 Å². The van der Waals surface area contributed by atoms with Crippen LogP contribution < -0.4 is 47.9 Å². The predicted octanol–water partition coefficient (Wildman–Crippen LogP) is 2.65. The Bertz CT molecular complexity index is 3580. The van der Waals surface area contributed by atoms with Gasteiger partial charge in [-0.1, -0.05) is 144 Å². The molecule has 506 valence electrons. The fourth-order valence-electron chi connectivity index (χ4n) is 11.2. The van der Waals surface area contributed by atoms with Crippen molar-refractivity contribution in [2.75, 3.05) is 27.7 Å². The highest BCUT2D eigenvalue weighted by Crippen LogP contribution is 2.29. The highest BCUT2D eigenvalue weighted by molar-refractivity contribution is 5.98. The minimum Gasteiger partial charge on any atom is -0.480 e. The van der Waals surface area contributed by atoms with Crippen molar-refractivity contribution in [1.29, 1.82) is 0 Å². The van der Waals surface area contributed by atoms with Crippen LogP contribution in [0.5, 0.6) is 0 Å². The quantitative estimate of drug-likeness (QED) is 0.0532. The van der Waals surface area contributed by atoms with Crippen LogP contribution in [0.4, 0.5) is 0 Å². The number of carboxylic acid groups (broad SMARTS) is 1. The summed E-state index contributed by atoms with van der Waals surface area (Å²) in [5.41, 5.74) is -0.252. The number of allylic oxidation sites excluding steroid dienone is 1. The van der Waals surface area contributed by atoms with Crippen molar-refractivity contribution < 1.29 is 62.5 Å². The molecule has 1 aromatic heterocycles. The zero-order valence-corrected chi connectivity index (χ0v) is 55.4. The van der Waals surface area contributed by atoms with Crippen molar-refractivity contribution >= 4 is 80.7 Å². The average molecular weight is 1300 g/mol. The van der Waals surface area contributed by atoms with E-state index in [0.717, 1.165) is 28.7 Å². The van der Waals surface area contributed by atoms with Crippen LogP contribution in [0.2, 0.25) is 0 Å². The van der Waals surface area contributed by atoms with Crippen LogP contribution in [-0.2, 0) is 83.4 Å². The van der Waals surface area contributed by atoms with E-state index in [1.807, 2.05) is 72.8 Å². The van der Waals surface area contributed by atoms with Gasteiger partial charge in [-0.2, -0.15) is 0 Å². The molecule has 2 bridgehead atoms. The van der Waals surface area contributed by atoms with Crippen LogP contribution in [0, 0.1) is 10.8 Å². The number of carbonyl (C=O) groups excluding carboxylic acids is 9. The predicted molar refractivity (Wildman–Crippen MR) is 351 cm³/mol. The van der Waals surface area contributed by atoms with Crippen molar-refractivity contribution in [3.8, 4) is 0 Å². The third-order valence-electron chi connectivity index (χ3n) is 17.0. The van der Waals surface area contributed by atoms with Gasteiger partial charge >= 0.3 is 11.9 Å². The maximum atomic E-state index is 15.3. The molecule has 3 heterocycles. The standard InChI is InChI=1S/C68H91N13O13/c1-39(69-9)57(82)76-55(67(3,4)5)63(88)71-48-23-13-12-14-24-49(65(90)91)72-60(85)52(36-42-26-28-44-20-16-18-22-46(44)34-42)75-62(87)54-53(30-32-81(54)64(89)56(68(6,7)8)77-58(83)40(2)70-10)94-38-47-37-80(79-78-47)31-29-50(66(92)93-11)73-61(86)51(74-59(48)84)35-41-25-27-43-19-15-17-21-45(43)33-41/h12-13,15-22,25-28,33-34,37,39-40,48-56,69-70H,14,23-24,29-32,35-36,38H2,1-11H3,(H,71,88)(H,72,85)(H,73,86)(H,74,84)(H,75,87)(H,76,82)(H,77,83)(H,90,91)/t39-,40-,48-,49-,50-,51-,52-,53+,54-,55+,56+/m0/s1. The lowest BCUT2D eigenvalue weighted by molar-refractivity contribution is -0.147. The Morgan fingerprint density at radius 1 is 0.649 bits per heavy atom. The van der Waals surface area contributed by atoms with E-state index in [1.54, 1.807) is 93.8 Å². The molecule has 0 unspecified atom stereocenters. The van der Waals surface area contributed by atoms with Gasteiger partial charge in [0.25, 0.3) is 0 Å². The van der Waals surface area contributed by atoms with Gasteiger partial charge in [0, 0.05) is 25.9 Å². The largest absolute Gasteiger partial charge is 0.480 e. The van der Waals surface area contributed by atoms with Gasteiger partial charge in [0.1, 0.15) is 54.0 Å². The fraction of sp³-hybridized carbons (Fsp3) is 0.500. The summed E-state index contributed by atoms with van der Waals surface area (Å²) in [6.45, 7) is 13.5. The fourth-order valence-corrected chi connectivity index (χ4v) is 11.2. The van der Waals surface area contributed by atoms with Gasteiger partial charge in [-0.05, 0) is 104 Å². The van der Waals surface area contributed by atoms with Crippen LogP contribution in [0.1, 0.15) is 104 Å². The zero-order chi connectivity index (χ0) is 68.6. The van der Waals surface area contributed by atoms with E-state index in [-0.39, 0.29) is 70.3 Å². The molecule has 2 aliphatic heterocycles. The van der Waals surface area contributed by atoms with E-state index in [9.17, 15) is 43.5 Å². The van der Waals surface area contributed by atoms with E-state index in [4.69, 9.17) is 9.47 Å². The third kappa shape index (κ3) is 19.5. The maximum Gasteiger partial charge on any atom is 0.328 e.